The fourth-order valence-electron chi connectivity index (χ4n) is 5.84. The fourth-order valence-corrected chi connectivity index (χ4v) is 5.84. The van der Waals surface area contributed by atoms with Crippen LogP contribution in [0.2, 0.25) is 0 Å². The molecule has 2 aromatic carbocycles. The lowest BCUT2D eigenvalue weighted by Gasteiger charge is -2.35. The lowest BCUT2D eigenvalue weighted by molar-refractivity contribution is -0.660. The Morgan fingerprint density at radius 2 is 1.68 bits per heavy atom. The van der Waals surface area contributed by atoms with Gasteiger partial charge in [0.1, 0.15) is 24.0 Å². The van der Waals surface area contributed by atoms with Gasteiger partial charge in [-0.25, -0.2) is 4.57 Å². The van der Waals surface area contributed by atoms with Crippen LogP contribution in [0, 0.1) is 17.8 Å². The zero-order chi connectivity index (χ0) is 23.8. The Balaban J connectivity index is 1.62. The Labute approximate surface area is 201 Å². The maximum Gasteiger partial charge on any atom is 0.216 e. The molecule has 4 aromatic rings. The number of aromatic nitrogens is 1. The Morgan fingerprint density at radius 3 is 2.44 bits per heavy atom. The summed E-state index contributed by atoms with van der Waals surface area (Å²) in [6.07, 6.45) is 5.50. The van der Waals surface area contributed by atoms with Crippen LogP contribution in [0.25, 0.3) is 38.8 Å². The van der Waals surface area contributed by atoms with Gasteiger partial charge in [-0.1, -0.05) is 50.3 Å². The molecule has 0 amide bonds. The Bertz CT molecular complexity index is 1540. The SMILES string of the molecule is Cc1ccc2c(oc3c(C4=CC5=C(OCCC5(C)C)C4(C)C)cccc32)c1-c1cccc[n+]1C. The quantitative estimate of drug-likeness (QED) is 0.295. The average molecular weight is 451 g/mol. The Kier molecular flexibility index (Phi) is 4.42. The van der Waals surface area contributed by atoms with Crippen molar-refractivity contribution in [1.82, 2.24) is 0 Å². The number of hydrogen-bond acceptors (Lipinski definition) is 2. The zero-order valence-corrected chi connectivity index (χ0v) is 21.0. The van der Waals surface area contributed by atoms with E-state index in [1.54, 1.807) is 0 Å². The highest BCUT2D eigenvalue weighted by Gasteiger charge is 2.45. The number of rotatable bonds is 2. The van der Waals surface area contributed by atoms with E-state index in [0.29, 0.717) is 0 Å². The van der Waals surface area contributed by atoms with Crippen molar-refractivity contribution >= 4 is 27.5 Å². The molecule has 0 saturated heterocycles. The molecule has 0 spiro atoms. The number of fused-ring (bicyclic) bond motifs is 3. The first-order valence-electron chi connectivity index (χ1n) is 12.2. The van der Waals surface area contributed by atoms with Gasteiger partial charge in [0.05, 0.1) is 12.2 Å². The number of hydrogen-bond donors (Lipinski definition) is 0. The van der Waals surface area contributed by atoms with Crippen LogP contribution in [0.15, 0.2) is 76.6 Å². The summed E-state index contributed by atoms with van der Waals surface area (Å²) < 4.78 is 15.2. The van der Waals surface area contributed by atoms with Crippen molar-refractivity contribution in [1.29, 1.82) is 0 Å². The normalized spacial score (nSPS) is 18.8. The van der Waals surface area contributed by atoms with Gasteiger partial charge in [0.2, 0.25) is 5.69 Å². The minimum absolute atomic E-state index is 0.112. The minimum atomic E-state index is -0.203. The highest BCUT2D eigenvalue weighted by Crippen LogP contribution is 2.56. The molecule has 2 aromatic heterocycles. The van der Waals surface area contributed by atoms with Gasteiger partial charge in [-0.2, -0.15) is 0 Å². The Hall–Kier alpha value is -3.33. The zero-order valence-electron chi connectivity index (χ0n) is 21.0. The van der Waals surface area contributed by atoms with Crippen LogP contribution >= 0.6 is 0 Å². The molecule has 3 heterocycles. The molecular weight excluding hydrogens is 418 g/mol. The summed E-state index contributed by atoms with van der Waals surface area (Å²) in [4.78, 5) is 0. The van der Waals surface area contributed by atoms with Gasteiger partial charge < -0.3 is 9.15 Å². The molecule has 3 nitrogen and oxygen atoms in total. The summed E-state index contributed by atoms with van der Waals surface area (Å²) in [5, 5.41) is 2.32. The van der Waals surface area contributed by atoms with Gasteiger partial charge >= 0.3 is 0 Å². The summed E-state index contributed by atoms with van der Waals surface area (Å²) in [7, 11) is 2.09. The maximum absolute atomic E-state index is 6.80. The van der Waals surface area contributed by atoms with E-state index in [9.17, 15) is 0 Å². The van der Waals surface area contributed by atoms with E-state index in [1.807, 2.05) is 0 Å². The van der Waals surface area contributed by atoms with Crippen molar-refractivity contribution in [3.63, 3.8) is 0 Å². The molecule has 172 valence electrons. The monoisotopic (exact) mass is 450 g/mol. The summed E-state index contributed by atoms with van der Waals surface area (Å²) in [6, 6.07) is 17.3. The molecule has 0 fully saturated rings. The number of para-hydroxylation sites is 1. The standard InChI is InChI=1S/C31H32NO2/c1-19-13-14-21-20-10-9-11-22(23-18-24-29(31(23,4)5)33-17-15-30(24,2)3)27(20)34-28(21)26(19)25-12-7-8-16-32(25)6/h7-14,16,18H,15,17H2,1-6H3/q+1. The summed E-state index contributed by atoms with van der Waals surface area (Å²) in [5.41, 5.74) is 9.11. The van der Waals surface area contributed by atoms with E-state index in [0.717, 1.165) is 57.5 Å². The minimum Gasteiger partial charge on any atom is -0.497 e. The van der Waals surface area contributed by atoms with Crippen LogP contribution in [0.3, 0.4) is 0 Å². The van der Waals surface area contributed by atoms with Crippen LogP contribution in [0.5, 0.6) is 0 Å². The molecule has 0 radical (unpaired) electrons. The molecule has 0 N–H and O–H groups in total. The van der Waals surface area contributed by atoms with Crippen LogP contribution < -0.4 is 4.57 Å². The van der Waals surface area contributed by atoms with Crippen LogP contribution in [-0.4, -0.2) is 6.61 Å². The number of aryl methyl sites for hydroxylation is 2. The smallest absolute Gasteiger partial charge is 0.216 e. The number of benzene rings is 2. The topological polar surface area (TPSA) is 26.2 Å². The molecule has 6 rings (SSSR count). The van der Waals surface area contributed by atoms with E-state index >= 15 is 0 Å². The summed E-state index contributed by atoms with van der Waals surface area (Å²) in [5.74, 6) is 1.12. The van der Waals surface area contributed by atoms with Crippen LogP contribution in [0.1, 0.15) is 45.2 Å². The molecular formula is C31H32NO2+. The Morgan fingerprint density at radius 1 is 0.882 bits per heavy atom. The van der Waals surface area contributed by atoms with E-state index < -0.39 is 0 Å². The number of furan rings is 1. The second kappa shape index (κ2) is 7.09. The fraction of sp³-hybridized carbons (Fsp3) is 0.323. The number of nitrogens with zero attached hydrogens (tertiary/aromatic N) is 1. The van der Waals surface area contributed by atoms with Crippen molar-refractivity contribution in [2.24, 2.45) is 17.9 Å². The third-order valence-corrected chi connectivity index (χ3v) is 7.95. The average Bonchev–Trinajstić information content (AvgIpc) is 3.30. The van der Waals surface area contributed by atoms with Gasteiger partial charge in [-0.05, 0) is 55.4 Å². The predicted octanol–water partition coefficient (Wildman–Crippen LogP) is 7.51. The van der Waals surface area contributed by atoms with E-state index in [1.165, 1.54) is 16.7 Å². The predicted molar refractivity (Wildman–Crippen MR) is 138 cm³/mol. The van der Waals surface area contributed by atoms with E-state index in [4.69, 9.17) is 9.15 Å². The highest BCUT2D eigenvalue weighted by molar-refractivity contribution is 6.12. The first-order valence-corrected chi connectivity index (χ1v) is 12.2. The lowest BCUT2D eigenvalue weighted by atomic mass is 9.77. The number of pyridine rings is 1. The molecule has 1 aliphatic heterocycles. The molecule has 1 aliphatic carbocycles. The molecule has 0 atom stereocenters. The molecule has 0 unspecified atom stereocenters. The largest absolute Gasteiger partial charge is 0.497 e. The van der Waals surface area contributed by atoms with Crippen LogP contribution in [0.4, 0.5) is 0 Å². The van der Waals surface area contributed by atoms with Crippen molar-refractivity contribution in [2.75, 3.05) is 6.61 Å². The highest BCUT2D eigenvalue weighted by atomic mass is 16.5. The third-order valence-electron chi connectivity index (χ3n) is 7.95. The molecule has 0 bridgehead atoms. The number of ether oxygens (including phenoxy) is 1. The third kappa shape index (κ3) is 2.86. The van der Waals surface area contributed by atoms with Crippen LogP contribution in [-0.2, 0) is 11.8 Å². The summed E-state index contributed by atoms with van der Waals surface area (Å²) >= 11 is 0. The van der Waals surface area contributed by atoms with Gasteiger partial charge in [0.15, 0.2) is 6.20 Å². The van der Waals surface area contributed by atoms with Crippen molar-refractivity contribution in [2.45, 2.75) is 41.0 Å². The number of allylic oxidation sites excluding steroid dienone is 3. The van der Waals surface area contributed by atoms with Gasteiger partial charge in [-0.15, -0.1) is 0 Å². The van der Waals surface area contributed by atoms with Crippen molar-refractivity contribution < 1.29 is 13.7 Å². The molecule has 3 heteroatoms. The first kappa shape index (κ1) is 21.2. The first-order chi connectivity index (χ1) is 16.2. The van der Waals surface area contributed by atoms with E-state index in [-0.39, 0.29) is 10.8 Å². The lowest BCUT2D eigenvalue weighted by Crippen LogP contribution is -2.30. The molecule has 0 saturated carbocycles. The second-order valence-electron chi connectivity index (χ2n) is 11.0. The molecule has 2 aliphatic rings. The van der Waals surface area contributed by atoms with Crippen molar-refractivity contribution in [3.05, 3.63) is 83.3 Å². The van der Waals surface area contributed by atoms with Crippen molar-refractivity contribution in [3.8, 4) is 11.3 Å². The van der Waals surface area contributed by atoms with E-state index in [2.05, 4.69) is 107 Å². The second-order valence-corrected chi connectivity index (χ2v) is 11.0. The van der Waals surface area contributed by atoms with Gasteiger partial charge in [-0.3, -0.25) is 0 Å². The molecule has 34 heavy (non-hydrogen) atoms. The summed E-state index contributed by atoms with van der Waals surface area (Å²) in [6.45, 7) is 12.2. The van der Waals surface area contributed by atoms with Gasteiger partial charge in [0, 0.05) is 33.9 Å². The van der Waals surface area contributed by atoms with Gasteiger partial charge in [0.25, 0.3) is 0 Å². The maximum atomic E-state index is 6.80.